The Morgan fingerprint density at radius 1 is 1.05 bits per heavy atom. The van der Waals surface area contributed by atoms with Crippen molar-refractivity contribution in [3.8, 4) is 11.5 Å². The molecule has 1 rings (SSSR count). The Kier molecular flexibility index (Phi) is 7.50. The zero-order valence-corrected chi connectivity index (χ0v) is 11.5. The van der Waals surface area contributed by atoms with Gasteiger partial charge in [-0.3, -0.25) is 0 Å². The molecule has 3 N–H and O–H groups in total. The molecule has 0 radical (unpaired) electrons. The Morgan fingerprint density at radius 2 is 1.70 bits per heavy atom. The van der Waals surface area contributed by atoms with Crippen molar-refractivity contribution in [2.24, 2.45) is 0 Å². The van der Waals surface area contributed by atoms with E-state index in [9.17, 15) is 9.90 Å². The summed E-state index contributed by atoms with van der Waals surface area (Å²) in [6.45, 7) is 0.810. The van der Waals surface area contributed by atoms with E-state index in [0.29, 0.717) is 12.4 Å². The number of unbranched alkanes of at least 4 members (excludes halogenated alkanes) is 5. The average Bonchev–Trinajstić information content (AvgIpc) is 2.41. The maximum atomic E-state index is 10.7. The van der Waals surface area contributed by atoms with Crippen LogP contribution >= 0.6 is 0 Å². The number of hydrogen-bond acceptors (Lipinski definition) is 4. The number of ether oxygens (including phenoxy) is 1. The number of aliphatic hydroxyl groups excluding tert-OH is 1. The zero-order chi connectivity index (χ0) is 14.8. The van der Waals surface area contributed by atoms with Crippen LogP contribution in [0.5, 0.6) is 11.5 Å². The van der Waals surface area contributed by atoms with E-state index in [0.717, 1.165) is 38.5 Å². The third-order valence-electron chi connectivity index (χ3n) is 3.02. The van der Waals surface area contributed by atoms with Gasteiger partial charge in [-0.25, -0.2) is 4.79 Å². The molecule has 5 heteroatoms. The fourth-order valence-electron chi connectivity index (χ4n) is 1.89. The largest absolute Gasteiger partial charge is 0.507 e. The lowest BCUT2D eigenvalue weighted by Gasteiger charge is -2.07. The van der Waals surface area contributed by atoms with Crippen LogP contribution in [0.4, 0.5) is 0 Å². The first-order valence-electron chi connectivity index (χ1n) is 6.95. The van der Waals surface area contributed by atoms with Crippen LogP contribution in [-0.2, 0) is 0 Å². The van der Waals surface area contributed by atoms with Crippen LogP contribution in [0.1, 0.15) is 48.9 Å². The average molecular weight is 282 g/mol. The molecule has 0 spiro atoms. The number of carbonyl (C=O) groups is 1. The highest BCUT2D eigenvalue weighted by Gasteiger charge is 2.09. The second-order valence-corrected chi connectivity index (χ2v) is 4.68. The highest BCUT2D eigenvalue weighted by Crippen LogP contribution is 2.23. The minimum absolute atomic E-state index is 0.124. The van der Waals surface area contributed by atoms with Gasteiger partial charge in [0.1, 0.15) is 17.1 Å². The van der Waals surface area contributed by atoms with Gasteiger partial charge in [0.15, 0.2) is 0 Å². The predicted molar refractivity (Wildman–Crippen MR) is 75.3 cm³/mol. The third-order valence-corrected chi connectivity index (χ3v) is 3.02. The molecule has 1 aromatic rings. The van der Waals surface area contributed by atoms with Crippen molar-refractivity contribution in [1.82, 2.24) is 0 Å². The summed E-state index contributed by atoms with van der Waals surface area (Å²) in [7, 11) is 0. The molecule has 5 nitrogen and oxygen atoms in total. The molecule has 0 aromatic heterocycles. The lowest BCUT2D eigenvalue weighted by Crippen LogP contribution is -2.00. The summed E-state index contributed by atoms with van der Waals surface area (Å²) in [5, 5.41) is 26.9. The zero-order valence-electron chi connectivity index (χ0n) is 11.5. The summed E-state index contributed by atoms with van der Waals surface area (Å²) in [6, 6.07) is 4.21. The van der Waals surface area contributed by atoms with Gasteiger partial charge in [-0.05, 0) is 25.0 Å². The molecule has 0 saturated carbocycles. The minimum atomic E-state index is -1.16. The number of phenols is 1. The van der Waals surface area contributed by atoms with Gasteiger partial charge in [-0.1, -0.05) is 25.7 Å². The molecule has 0 aliphatic carbocycles. The number of carboxylic acid groups (broad SMARTS) is 1. The van der Waals surface area contributed by atoms with Crippen molar-refractivity contribution in [2.45, 2.75) is 38.5 Å². The highest BCUT2D eigenvalue weighted by atomic mass is 16.5. The molecule has 0 unspecified atom stereocenters. The van der Waals surface area contributed by atoms with Crippen LogP contribution in [0, 0.1) is 0 Å². The van der Waals surface area contributed by atoms with Gasteiger partial charge in [0.05, 0.1) is 6.61 Å². The fraction of sp³-hybridized carbons (Fsp3) is 0.533. The standard InChI is InChI=1S/C15H22O5/c16-9-5-3-1-2-4-6-10-20-12-7-8-13(15(18)19)14(17)11-12/h7-8,11,16-17H,1-6,9-10H2,(H,18,19). The Bertz CT molecular complexity index is 417. The quantitative estimate of drug-likeness (QED) is 0.574. The van der Waals surface area contributed by atoms with Crippen molar-refractivity contribution in [3.05, 3.63) is 23.8 Å². The van der Waals surface area contributed by atoms with Gasteiger partial charge in [0.25, 0.3) is 0 Å². The molecule has 112 valence electrons. The summed E-state index contributed by atoms with van der Waals surface area (Å²) < 4.78 is 5.46. The molecular weight excluding hydrogens is 260 g/mol. The van der Waals surface area contributed by atoms with Crippen molar-refractivity contribution >= 4 is 5.97 Å². The third kappa shape index (κ3) is 5.93. The predicted octanol–water partition coefficient (Wildman–Crippen LogP) is 2.80. The van der Waals surface area contributed by atoms with Crippen molar-refractivity contribution in [3.63, 3.8) is 0 Å². The Labute approximate surface area is 118 Å². The summed E-state index contributed by atoms with van der Waals surface area (Å²) in [5.74, 6) is -0.955. The van der Waals surface area contributed by atoms with Crippen LogP contribution in [0.3, 0.4) is 0 Å². The van der Waals surface area contributed by atoms with E-state index in [1.54, 1.807) is 6.07 Å². The van der Waals surface area contributed by atoms with Crippen LogP contribution in [0.15, 0.2) is 18.2 Å². The van der Waals surface area contributed by atoms with Gasteiger partial charge >= 0.3 is 5.97 Å². The number of aromatic carboxylic acids is 1. The molecule has 0 saturated heterocycles. The molecule has 1 aromatic carbocycles. The first-order valence-corrected chi connectivity index (χ1v) is 6.95. The summed E-state index contributed by atoms with van der Waals surface area (Å²) in [5.41, 5.74) is -0.124. The monoisotopic (exact) mass is 282 g/mol. The molecule has 0 aliphatic heterocycles. The second-order valence-electron chi connectivity index (χ2n) is 4.68. The van der Waals surface area contributed by atoms with Crippen molar-refractivity contribution in [1.29, 1.82) is 0 Å². The number of carboxylic acids is 1. The van der Waals surface area contributed by atoms with Crippen molar-refractivity contribution < 1.29 is 24.9 Å². The molecule has 20 heavy (non-hydrogen) atoms. The molecule has 0 heterocycles. The Hall–Kier alpha value is -1.75. The topological polar surface area (TPSA) is 87.0 Å². The van der Waals surface area contributed by atoms with Gasteiger partial charge in [-0.2, -0.15) is 0 Å². The molecule has 0 aliphatic rings. The van der Waals surface area contributed by atoms with Crippen LogP contribution in [-0.4, -0.2) is 34.5 Å². The summed E-state index contributed by atoms with van der Waals surface area (Å²) in [6.07, 6.45) is 6.14. The van der Waals surface area contributed by atoms with Crippen molar-refractivity contribution in [2.75, 3.05) is 13.2 Å². The van der Waals surface area contributed by atoms with E-state index in [2.05, 4.69) is 0 Å². The van der Waals surface area contributed by atoms with Gasteiger partial charge in [-0.15, -0.1) is 0 Å². The number of rotatable bonds is 10. The molecular formula is C15H22O5. The maximum Gasteiger partial charge on any atom is 0.339 e. The van der Waals surface area contributed by atoms with Crippen LogP contribution in [0.2, 0.25) is 0 Å². The highest BCUT2D eigenvalue weighted by molar-refractivity contribution is 5.90. The lowest BCUT2D eigenvalue weighted by atomic mass is 10.1. The second kappa shape index (κ2) is 9.20. The number of hydrogen-bond donors (Lipinski definition) is 3. The molecule has 0 amide bonds. The van der Waals surface area contributed by atoms with E-state index >= 15 is 0 Å². The maximum absolute atomic E-state index is 10.7. The van der Waals surface area contributed by atoms with E-state index in [-0.39, 0.29) is 17.9 Å². The first-order chi connectivity index (χ1) is 9.65. The number of aromatic hydroxyl groups is 1. The van der Waals surface area contributed by atoms with E-state index in [4.69, 9.17) is 14.9 Å². The minimum Gasteiger partial charge on any atom is -0.507 e. The van der Waals surface area contributed by atoms with Crippen LogP contribution < -0.4 is 4.74 Å². The smallest absolute Gasteiger partial charge is 0.339 e. The summed E-state index contributed by atoms with van der Waals surface area (Å²) >= 11 is 0. The lowest BCUT2D eigenvalue weighted by molar-refractivity contribution is 0.0693. The first kappa shape index (κ1) is 16.3. The van der Waals surface area contributed by atoms with E-state index in [1.165, 1.54) is 12.1 Å². The van der Waals surface area contributed by atoms with E-state index < -0.39 is 5.97 Å². The SMILES string of the molecule is O=C(O)c1ccc(OCCCCCCCCO)cc1O. The van der Waals surface area contributed by atoms with Crippen LogP contribution in [0.25, 0.3) is 0 Å². The summed E-state index contributed by atoms with van der Waals surface area (Å²) in [4.78, 5) is 10.7. The molecule has 0 bridgehead atoms. The van der Waals surface area contributed by atoms with Gasteiger partial charge in [0, 0.05) is 12.7 Å². The van der Waals surface area contributed by atoms with Gasteiger partial charge in [0.2, 0.25) is 0 Å². The Balaban J connectivity index is 2.19. The fourth-order valence-corrected chi connectivity index (χ4v) is 1.89. The Morgan fingerprint density at radius 3 is 2.30 bits per heavy atom. The normalized spacial score (nSPS) is 10.4. The number of aliphatic hydroxyl groups is 1. The number of benzene rings is 1. The van der Waals surface area contributed by atoms with E-state index in [1.807, 2.05) is 0 Å². The molecule has 0 fully saturated rings. The van der Waals surface area contributed by atoms with Gasteiger partial charge < -0.3 is 20.1 Å². The molecule has 0 atom stereocenters.